The van der Waals surface area contributed by atoms with E-state index in [4.69, 9.17) is 11.2 Å². The van der Waals surface area contributed by atoms with Crippen LogP contribution in [0.2, 0.25) is 0 Å². The molecule has 1 atom stereocenters. The monoisotopic (exact) mass is 194 g/mol. The van der Waals surface area contributed by atoms with Crippen LogP contribution < -0.4 is 0 Å². The fourth-order valence-electron chi connectivity index (χ4n) is 1.91. The van der Waals surface area contributed by atoms with Crippen LogP contribution in [-0.2, 0) is 9.53 Å². The third-order valence-corrected chi connectivity index (χ3v) is 2.77. The van der Waals surface area contributed by atoms with Crippen molar-refractivity contribution in [3.8, 4) is 12.3 Å². The van der Waals surface area contributed by atoms with E-state index in [9.17, 15) is 4.79 Å². The van der Waals surface area contributed by atoms with E-state index >= 15 is 0 Å². The van der Waals surface area contributed by atoms with Gasteiger partial charge in [0.05, 0.1) is 0 Å². The van der Waals surface area contributed by atoms with E-state index in [0.717, 1.165) is 12.3 Å². The van der Waals surface area contributed by atoms with Crippen LogP contribution in [0.3, 0.4) is 0 Å². The summed E-state index contributed by atoms with van der Waals surface area (Å²) in [5.41, 5.74) is 0. The lowest BCUT2D eigenvalue weighted by atomic mass is 10.0. The normalized spacial score (nSPS) is 18.9. The largest absolute Gasteiger partial charge is 0.449 e. The van der Waals surface area contributed by atoms with Crippen molar-refractivity contribution in [2.75, 3.05) is 0 Å². The first-order valence-corrected chi connectivity index (χ1v) is 5.38. The average molecular weight is 194 g/mol. The molecule has 1 saturated carbocycles. The summed E-state index contributed by atoms with van der Waals surface area (Å²) in [6.07, 6.45) is 11.4. The van der Waals surface area contributed by atoms with Crippen molar-refractivity contribution < 1.29 is 9.53 Å². The molecular formula is C12H18O2. The van der Waals surface area contributed by atoms with Crippen LogP contribution in [0.5, 0.6) is 0 Å². The Balaban J connectivity index is 2.11. The van der Waals surface area contributed by atoms with Gasteiger partial charge in [0.25, 0.3) is 0 Å². The third-order valence-electron chi connectivity index (χ3n) is 2.77. The van der Waals surface area contributed by atoms with Gasteiger partial charge in [-0.1, -0.05) is 31.6 Å². The summed E-state index contributed by atoms with van der Waals surface area (Å²) < 4.78 is 4.98. The Morgan fingerprint density at radius 2 is 2.21 bits per heavy atom. The minimum atomic E-state index is -0.383. The molecule has 0 saturated heterocycles. The Labute approximate surface area is 86.0 Å². The Morgan fingerprint density at radius 3 is 2.79 bits per heavy atom. The molecular weight excluding hydrogens is 176 g/mol. The van der Waals surface area contributed by atoms with Gasteiger partial charge in [0, 0.05) is 6.42 Å². The van der Waals surface area contributed by atoms with Gasteiger partial charge < -0.3 is 4.74 Å². The van der Waals surface area contributed by atoms with Crippen LogP contribution in [0.25, 0.3) is 0 Å². The Kier molecular flexibility index (Phi) is 4.52. The van der Waals surface area contributed by atoms with Crippen LogP contribution in [0.4, 0.5) is 0 Å². The predicted molar refractivity (Wildman–Crippen MR) is 55.6 cm³/mol. The summed E-state index contributed by atoms with van der Waals surface area (Å²) in [6, 6.07) is 0. The molecule has 1 fully saturated rings. The zero-order chi connectivity index (χ0) is 10.4. The molecule has 2 heteroatoms. The van der Waals surface area contributed by atoms with E-state index in [-0.39, 0.29) is 12.1 Å². The fraction of sp³-hybridized carbons (Fsp3) is 0.750. The summed E-state index contributed by atoms with van der Waals surface area (Å²) in [4.78, 5) is 11.3. The van der Waals surface area contributed by atoms with Gasteiger partial charge in [-0.05, 0) is 19.3 Å². The van der Waals surface area contributed by atoms with Crippen LogP contribution in [0.15, 0.2) is 0 Å². The zero-order valence-electron chi connectivity index (χ0n) is 8.79. The van der Waals surface area contributed by atoms with Gasteiger partial charge in [-0.15, -0.1) is 6.42 Å². The van der Waals surface area contributed by atoms with Crippen molar-refractivity contribution in [1.82, 2.24) is 0 Å². The first kappa shape index (κ1) is 11.1. The van der Waals surface area contributed by atoms with E-state index in [1.165, 1.54) is 25.7 Å². The highest BCUT2D eigenvalue weighted by molar-refractivity contribution is 5.69. The SMILES string of the molecule is C#CC(C)OC(=O)CCC1CCCC1. The van der Waals surface area contributed by atoms with Gasteiger partial charge in [-0.25, -0.2) is 0 Å². The molecule has 0 aromatic heterocycles. The Bertz CT molecular complexity index is 221. The van der Waals surface area contributed by atoms with Crippen LogP contribution in [-0.4, -0.2) is 12.1 Å². The first-order chi connectivity index (χ1) is 6.72. The van der Waals surface area contributed by atoms with Crippen molar-refractivity contribution in [2.45, 2.75) is 51.6 Å². The molecule has 0 amide bonds. The second-order valence-electron chi connectivity index (χ2n) is 3.99. The molecule has 1 aliphatic rings. The van der Waals surface area contributed by atoms with E-state index in [1.807, 2.05) is 0 Å². The van der Waals surface area contributed by atoms with Gasteiger partial charge in [-0.3, -0.25) is 4.79 Å². The number of carbonyl (C=O) groups excluding carboxylic acids is 1. The maximum Gasteiger partial charge on any atom is 0.307 e. The summed E-state index contributed by atoms with van der Waals surface area (Å²) in [5.74, 6) is 2.97. The summed E-state index contributed by atoms with van der Waals surface area (Å²) in [6.45, 7) is 1.72. The molecule has 2 nitrogen and oxygen atoms in total. The molecule has 0 bridgehead atoms. The molecule has 1 unspecified atom stereocenters. The van der Waals surface area contributed by atoms with Crippen molar-refractivity contribution in [1.29, 1.82) is 0 Å². The van der Waals surface area contributed by atoms with Crippen molar-refractivity contribution in [3.63, 3.8) is 0 Å². The second kappa shape index (κ2) is 5.70. The van der Waals surface area contributed by atoms with E-state index < -0.39 is 0 Å². The number of hydrogen-bond donors (Lipinski definition) is 0. The molecule has 0 aromatic rings. The molecule has 1 rings (SSSR count). The molecule has 0 spiro atoms. The van der Waals surface area contributed by atoms with Crippen molar-refractivity contribution >= 4 is 5.97 Å². The second-order valence-corrected chi connectivity index (χ2v) is 3.99. The molecule has 0 N–H and O–H groups in total. The predicted octanol–water partition coefficient (Wildman–Crippen LogP) is 2.52. The lowest BCUT2D eigenvalue weighted by Crippen LogP contribution is -2.13. The average Bonchev–Trinajstić information content (AvgIpc) is 2.67. The smallest absolute Gasteiger partial charge is 0.307 e. The number of hydrogen-bond acceptors (Lipinski definition) is 2. The molecule has 0 heterocycles. The lowest BCUT2D eigenvalue weighted by molar-refractivity contribution is -0.146. The Hall–Kier alpha value is -0.970. The fourth-order valence-corrected chi connectivity index (χ4v) is 1.91. The molecule has 0 aromatic carbocycles. The minimum absolute atomic E-state index is 0.151. The van der Waals surface area contributed by atoms with E-state index in [2.05, 4.69) is 5.92 Å². The van der Waals surface area contributed by atoms with Crippen molar-refractivity contribution in [2.24, 2.45) is 5.92 Å². The number of carbonyl (C=O) groups is 1. The number of rotatable bonds is 4. The van der Waals surface area contributed by atoms with Crippen LogP contribution in [0, 0.1) is 18.3 Å². The standard InChI is InChI=1S/C12H18O2/c1-3-10(2)14-12(13)9-8-11-6-4-5-7-11/h1,10-11H,4-9H2,2H3. The molecule has 14 heavy (non-hydrogen) atoms. The molecule has 0 aliphatic heterocycles. The van der Waals surface area contributed by atoms with Gasteiger partial charge >= 0.3 is 5.97 Å². The van der Waals surface area contributed by atoms with Crippen molar-refractivity contribution in [3.05, 3.63) is 0 Å². The van der Waals surface area contributed by atoms with E-state index in [1.54, 1.807) is 6.92 Å². The molecule has 0 radical (unpaired) electrons. The summed E-state index contributed by atoms with van der Waals surface area (Å²) in [7, 11) is 0. The van der Waals surface area contributed by atoms with Crippen LogP contribution in [0.1, 0.15) is 45.4 Å². The minimum Gasteiger partial charge on any atom is -0.449 e. The number of esters is 1. The maximum absolute atomic E-state index is 11.3. The quantitative estimate of drug-likeness (QED) is 0.508. The summed E-state index contributed by atoms with van der Waals surface area (Å²) >= 11 is 0. The van der Waals surface area contributed by atoms with Crippen LogP contribution >= 0.6 is 0 Å². The third kappa shape index (κ3) is 3.83. The lowest BCUT2D eigenvalue weighted by Gasteiger charge is -2.09. The zero-order valence-corrected chi connectivity index (χ0v) is 8.79. The van der Waals surface area contributed by atoms with Gasteiger partial charge in [-0.2, -0.15) is 0 Å². The highest BCUT2D eigenvalue weighted by Gasteiger charge is 2.17. The number of terminal acetylenes is 1. The topological polar surface area (TPSA) is 26.3 Å². The Morgan fingerprint density at radius 1 is 1.57 bits per heavy atom. The summed E-state index contributed by atoms with van der Waals surface area (Å²) in [5, 5.41) is 0. The highest BCUT2D eigenvalue weighted by Crippen LogP contribution is 2.28. The molecule has 78 valence electrons. The van der Waals surface area contributed by atoms with E-state index in [0.29, 0.717) is 6.42 Å². The van der Waals surface area contributed by atoms with Gasteiger partial charge in [0.15, 0.2) is 6.10 Å². The molecule has 1 aliphatic carbocycles. The first-order valence-electron chi connectivity index (χ1n) is 5.38. The maximum atomic E-state index is 11.3. The van der Waals surface area contributed by atoms with Gasteiger partial charge in [0.1, 0.15) is 0 Å². The highest BCUT2D eigenvalue weighted by atomic mass is 16.5. The van der Waals surface area contributed by atoms with Gasteiger partial charge in [0.2, 0.25) is 0 Å². The number of ether oxygens (including phenoxy) is 1.